The van der Waals surface area contributed by atoms with Crippen molar-refractivity contribution in [1.29, 1.82) is 0 Å². The minimum atomic E-state index is -0.234. The molecular weight excluding hydrogens is 198 g/mol. The minimum Gasteiger partial charge on any atom is -0.322 e. The van der Waals surface area contributed by atoms with Crippen molar-refractivity contribution >= 4 is 14.9 Å². The summed E-state index contributed by atoms with van der Waals surface area (Å²) >= 11 is 0. The Kier molecular flexibility index (Phi) is 5.65. The van der Waals surface area contributed by atoms with Crippen molar-refractivity contribution in [3.05, 3.63) is 30.3 Å². The maximum absolute atomic E-state index is 2.70. The van der Waals surface area contributed by atoms with Gasteiger partial charge in [0.1, 0.15) is 9.68 Å². The van der Waals surface area contributed by atoms with E-state index in [1.165, 1.54) is 19.4 Å². The average Bonchev–Trinajstić information content (AvgIpc) is 2.29. The number of nitrogens with zero attached hydrogens (tertiary/aromatic N) is 1. The van der Waals surface area contributed by atoms with Crippen LogP contribution in [0.25, 0.3) is 0 Å². The topological polar surface area (TPSA) is 3.24 Å². The van der Waals surface area contributed by atoms with Gasteiger partial charge in [0, 0.05) is 0 Å². The van der Waals surface area contributed by atoms with Gasteiger partial charge < -0.3 is 4.57 Å². The molecule has 1 nitrogen and oxygen atoms in total. The first-order valence-electron chi connectivity index (χ1n) is 6.05. The van der Waals surface area contributed by atoms with Crippen LogP contribution in [0.15, 0.2) is 30.3 Å². The van der Waals surface area contributed by atoms with Crippen molar-refractivity contribution in [2.45, 2.75) is 39.7 Å². The van der Waals surface area contributed by atoms with Crippen LogP contribution in [-0.4, -0.2) is 26.8 Å². The molecule has 0 spiro atoms. The molecule has 1 unspecified atom stereocenters. The van der Waals surface area contributed by atoms with Gasteiger partial charge >= 0.3 is 0 Å². The summed E-state index contributed by atoms with van der Waals surface area (Å²) in [6.07, 6.45) is 2.53. The quantitative estimate of drug-likeness (QED) is 0.663. The maximum Gasteiger partial charge on any atom is 0.127 e. The number of hydrogen-bond acceptors (Lipinski definition) is 1. The lowest BCUT2D eigenvalue weighted by Gasteiger charge is -2.28. The van der Waals surface area contributed by atoms with Gasteiger partial charge in [0.05, 0.1) is 0 Å². The van der Waals surface area contributed by atoms with Crippen molar-refractivity contribution in [3.63, 3.8) is 0 Å². The summed E-state index contributed by atoms with van der Waals surface area (Å²) in [5.41, 5.74) is 0. The summed E-state index contributed by atoms with van der Waals surface area (Å²) in [7, 11) is -0.234. The zero-order valence-corrected chi connectivity index (χ0v) is 11.7. The van der Waals surface area contributed by atoms with E-state index in [-0.39, 0.29) is 9.68 Å². The molecule has 0 aromatic heterocycles. The zero-order valence-electron chi connectivity index (χ0n) is 10.2. The molecule has 0 N–H and O–H groups in total. The second-order valence-electron chi connectivity index (χ2n) is 4.21. The molecule has 1 aromatic rings. The molecule has 0 bridgehead atoms. The van der Waals surface area contributed by atoms with Crippen LogP contribution in [0.3, 0.4) is 0 Å². The molecule has 84 valence electrons. The summed E-state index contributed by atoms with van der Waals surface area (Å²) in [4.78, 5) is 0. The molecule has 0 aliphatic heterocycles. The highest BCUT2D eigenvalue weighted by Crippen LogP contribution is 2.02. The molecule has 2 heteroatoms. The first-order valence-corrected chi connectivity index (χ1v) is 7.39. The van der Waals surface area contributed by atoms with Gasteiger partial charge in [-0.2, -0.15) is 0 Å². The first kappa shape index (κ1) is 12.5. The SMILES string of the molecule is CCCN([SiH2]c1ccccc1)C(C)CC. The summed E-state index contributed by atoms with van der Waals surface area (Å²) in [6.45, 7) is 8.17. The Hall–Kier alpha value is -0.603. The zero-order chi connectivity index (χ0) is 11.1. The molecule has 0 aliphatic carbocycles. The van der Waals surface area contributed by atoms with Crippen molar-refractivity contribution in [2.75, 3.05) is 6.54 Å². The van der Waals surface area contributed by atoms with Gasteiger partial charge in [0.2, 0.25) is 0 Å². The van der Waals surface area contributed by atoms with Crippen molar-refractivity contribution < 1.29 is 0 Å². The van der Waals surface area contributed by atoms with E-state index in [0.717, 1.165) is 6.04 Å². The third-order valence-corrected chi connectivity index (χ3v) is 5.14. The predicted octanol–water partition coefficient (Wildman–Crippen LogP) is 1.91. The molecule has 0 aliphatic rings. The van der Waals surface area contributed by atoms with Gasteiger partial charge in [-0.1, -0.05) is 51.1 Å². The molecule has 0 heterocycles. The van der Waals surface area contributed by atoms with Crippen LogP contribution in [-0.2, 0) is 0 Å². The van der Waals surface area contributed by atoms with Crippen LogP contribution < -0.4 is 5.19 Å². The Balaban J connectivity index is 2.58. The lowest BCUT2D eigenvalue weighted by Crippen LogP contribution is -2.42. The van der Waals surface area contributed by atoms with Crippen LogP contribution in [0, 0.1) is 0 Å². The molecule has 0 amide bonds. The molecule has 0 saturated carbocycles. The van der Waals surface area contributed by atoms with Crippen molar-refractivity contribution in [3.8, 4) is 0 Å². The van der Waals surface area contributed by atoms with E-state index in [2.05, 4.69) is 55.7 Å². The Bertz CT molecular complexity index is 260. The van der Waals surface area contributed by atoms with Crippen LogP contribution in [0.4, 0.5) is 0 Å². The summed E-state index contributed by atoms with van der Waals surface area (Å²) in [5.74, 6) is 0. The van der Waals surface area contributed by atoms with Crippen molar-refractivity contribution in [2.24, 2.45) is 0 Å². The summed E-state index contributed by atoms with van der Waals surface area (Å²) in [5, 5.41) is 1.56. The summed E-state index contributed by atoms with van der Waals surface area (Å²) in [6, 6.07) is 11.7. The monoisotopic (exact) mass is 221 g/mol. The van der Waals surface area contributed by atoms with Gasteiger partial charge in [0.15, 0.2) is 0 Å². The number of hydrogen-bond donors (Lipinski definition) is 0. The molecule has 0 saturated heterocycles. The highest BCUT2D eigenvalue weighted by Gasteiger charge is 2.11. The Morgan fingerprint density at radius 2 is 1.87 bits per heavy atom. The minimum absolute atomic E-state index is 0.234. The van der Waals surface area contributed by atoms with Gasteiger partial charge in [-0.05, 0) is 30.6 Å². The molecule has 1 rings (SSSR count). The van der Waals surface area contributed by atoms with E-state index in [0.29, 0.717) is 0 Å². The standard InChI is InChI=1S/C13H23NSi/c1-4-11-14(12(3)5-2)15-13-9-7-6-8-10-13/h6-10,12H,4-5,11,15H2,1-3H3. The van der Waals surface area contributed by atoms with E-state index in [1.807, 2.05) is 0 Å². The predicted molar refractivity (Wildman–Crippen MR) is 71.4 cm³/mol. The van der Waals surface area contributed by atoms with Crippen LogP contribution in [0.1, 0.15) is 33.6 Å². The molecule has 15 heavy (non-hydrogen) atoms. The lowest BCUT2D eigenvalue weighted by atomic mass is 10.2. The molecule has 0 fully saturated rings. The largest absolute Gasteiger partial charge is 0.322 e. The van der Waals surface area contributed by atoms with Crippen LogP contribution in [0.5, 0.6) is 0 Å². The third kappa shape index (κ3) is 4.18. The Labute approximate surface area is 96.4 Å². The van der Waals surface area contributed by atoms with E-state index in [9.17, 15) is 0 Å². The fourth-order valence-corrected chi connectivity index (χ4v) is 3.81. The smallest absolute Gasteiger partial charge is 0.127 e. The van der Waals surface area contributed by atoms with Crippen LogP contribution in [0.2, 0.25) is 0 Å². The normalized spacial score (nSPS) is 13.9. The Morgan fingerprint density at radius 1 is 1.20 bits per heavy atom. The lowest BCUT2D eigenvalue weighted by molar-refractivity contribution is 0.345. The fourth-order valence-electron chi connectivity index (χ4n) is 1.82. The van der Waals surface area contributed by atoms with Gasteiger partial charge in [-0.25, -0.2) is 0 Å². The highest BCUT2D eigenvalue weighted by molar-refractivity contribution is 6.50. The van der Waals surface area contributed by atoms with Crippen LogP contribution >= 0.6 is 0 Å². The number of benzene rings is 1. The first-order chi connectivity index (χ1) is 7.27. The summed E-state index contributed by atoms with van der Waals surface area (Å²) < 4.78 is 2.70. The fraction of sp³-hybridized carbons (Fsp3) is 0.538. The van der Waals surface area contributed by atoms with Gasteiger partial charge in [-0.15, -0.1) is 0 Å². The average molecular weight is 221 g/mol. The third-order valence-electron chi connectivity index (χ3n) is 2.95. The molecule has 1 atom stereocenters. The molecule has 1 aromatic carbocycles. The van der Waals surface area contributed by atoms with E-state index >= 15 is 0 Å². The van der Waals surface area contributed by atoms with Gasteiger partial charge in [-0.3, -0.25) is 0 Å². The second-order valence-corrected chi connectivity index (χ2v) is 6.16. The van der Waals surface area contributed by atoms with E-state index in [4.69, 9.17) is 0 Å². The second kappa shape index (κ2) is 6.80. The molecular formula is C13H23NSi. The number of rotatable bonds is 6. The van der Waals surface area contributed by atoms with Crippen molar-refractivity contribution in [1.82, 2.24) is 4.57 Å². The highest BCUT2D eigenvalue weighted by atomic mass is 28.2. The maximum atomic E-state index is 2.70. The van der Waals surface area contributed by atoms with E-state index in [1.54, 1.807) is 5.19 Å². The van der Waals surface area contributed by atoms with Gasteiger partial charge in [0.25, 0.3) is 0 Å². The molecule has 0 radical (unpaired) electrons. The Morgan fingerprint density at radius 3 is 2.40 bits per heavy atom. The van der Waals surface area contributed by atoms with E-state index < -0.39 is 0 Å².